The third-order valence-electron chi connectivity index (χ3n) is 7.74. The second-order valence-electron chi connectivity index (χ2n) is 11.5. The Bertz CT molecular complexity index is 1690. The Morgan fingerprint density at radius 2 is 1.83 bits per heavy atom. The first-order chi connectivity index (χ1) is 19.4. The summed E-state index contributed by atoms with van der Waals surface area (Å²) in [5.41, 5.74) is 11.6. The third-order valence-corrected chi connectivity index (χ3v) is 8.03. The number of rotatable bonds is 5. The number of nitrogens with zero attached hydrogens (tertiary/aromatic N) is 2. The van der Waals surface area contributed by atoms with Gasteiger partial charge in [-0.25, -0.2) is 8.78 Å². The van der Waals surface area contributed by atoms with E-state index in [9.17, 15) is 18.8 Å². The lowest BCUT2D eigenvalue weighted by Crippen LogP contribution is -2.42. The predicted molar refractivity (Wildman–Crippen MR) is 155 cm³/mol. The van der Waals surface area contributed by atoms with E-state index < -0.39 is 17.6 Å². The van der Waals surface area contributed by atoms with Crippen molar-refractivity contribution in [2.75, 3.05) is 4.90 Å². The zero-order valence-corrected chi connectivity index (χ0v) is 24.1. The van der Waals surface area contributed by atoms with Crippen LogP contribution in [-0.2, 0) is 11.4 Å². The number of benzene rings is 3. The summed E-state index contributed by atoms with van der Waals surface area (Å²) in [6.07, 6.45) is 0.826. The molecular weight excluding hydrogens is 544 g/mol. The molecule has 0 saturated carbocycles. The topological polar surface area (TPSA) is 79.3 Å². The van der Waals surface area contributed by atoms with Crippen molar-refractivity contribution < 1.29 is 18.3 Å². The highest BCUT2D eigenvalue weighted by atomic mass is 35.5. The van der Waals surface area contributed by atoms with Gasteiger partial charge >= 0.3 is 0 Å². The summed E-state index contributed by atoms with van der Waals surface area (Å²) in [7, 11) is 0. The average molecular weight is 574 g/mol. The van der Waals surface area contributed by atoms with E-state index in [1.54, 1.807) is 17.0 Å². The number of ketones is 1. The summed E-state index contributed by atoms with van der Waals surface area (Å²) in [6.45, 7) is 8.02. The Hall–Kier alpha value is -4.15. The van der Waals surface area contributed by atoms with Gasteiger partial charge in [-0.3, -0.25) is 9.69 Å². The van der Waals surface area contributed by atoms with Crippen LogP contribution >= 0.6 is 11.6 Å². The number of nitrogens with two attached hydrogens (primary N) is 1. The Labute approximate surface area is 243 Å². The largest absolute Gasteiger partial charge is 0.487 e. The first-order valence-electron chi connectivity index (χ1n) is 13.3. The van der Waals surface area contributed by atoms with Gasteiger partial charge < -0.3 is 10.5 Å². The normalized spacial score (nSPS) is 18.3. The van der Waals surface area contributed by atoms with Crippen LogP contribution in [0.3, 0.4) is 0 Å². The minimum atomic E-state index is -0.698. The zero-order valence-electron chi connectivity index (χ0n) is 23.3. The van der Waals surface area contributed by atoms with Crippen LogP contribution in [-0.4, -0.2) is 5.78 Å². The smallest absolute Gasteiger partial charge is 0.162 e. The second-order valence-corrected chi connectivity index (χ2v) is 11.9. The van der Waals surface area contributed by atoms with Crippen molar-refractivity contribution in [2.24, 2.45) is 11.1 Å². The predicted octanol–water partition coefficient (Wildman–Crippen LogP) is 7.75. The quantitative estimate of drug-likeness (QED) is 0.337. The molecule has 0 radical (unpaired) electrons. The number of aryl methyl sites for hydroxylation is 1. The van der Waals surface area contributed by atoms with Gasteiger partial charge in [0.25, 0.3) is 0 Å². The highest BCUT2D eigenvalue weighted by Crippen LogP contribution is 2.51. The minimum absolute atomic E-state index is 0.0697. The van der Waals surface area contributed by atoms with E-state index in [1.807, 2.05) is 39.8 Å². The van der Waals surface area contributed by atoms with Crippen molar-refractivity contribution in [3.63, 3.8) is 0 Å². The van der Waals surface area contributed by atoms with Crippen LogP contribution in [0, 0.1) is 42.2 Å². The molecule has 1 aliphatic heterocycles. The van der Waals surface area contributed by atoms with Crippen molar-refractivity contribution in [2.45, 2.75) is 53.1 Å². The van der Waals surface area contributed by atoms with Gasteiger partial charge in [0.15, 0.2) is 5.78 Å². The van der Waals surface area contributed by atoms with Crippen LogP contribution in [0.25, 0.3) is 0 Å². The standard InChI is InChI=1S/C33H30ClF2N3O2/c1-18-10-20(17-41-29-9-8-22(36)13-26(29)34)19(2)24(11-18)30-25(16-37)32(38)39(23-7-5-6-21(35)12-23)27-14-33(3,4)15-28(40)31(27)30/h5-13,30H,14-15,17,38H2,1-4H3. The molecule has 1 aliphatic carbocycles. The number of carbonyl (C=O) groups excluding carboxylic acids is 1. The fourth-order valence-electron chi connectivity index (χ4n) is 5.89. The van der Waals surface area contributed by atoms with Gasteiger partial charge in [0, 0.05) is 17.7 Å². The van der Waals surface area contributed by atoms with Crippen LogP contribution in [0.2, 0.25) is 5.02 Å². The third kappa shape index (κ3) is 5.32. The van der Waals surface area contributed by atoms with E-state index in [0.29, 0.717) is 35.5 Å². The van der Waals surface area contributed by atoms with E-state index in [4.69, 9.17) is 22.1 Å². The number of ether oxygens (including phenoxy) is 1. The maximum Gasteiger partial charge on any atom is 0.162 e. The molecule has 0 fully saturated rings. The van der Waals surface area contributed by atoms with Gasteiger partial charge in [-0.2, -0.15) is 5.26 Å². The molecule has 0 bridgehead atoms. The van der Waals surface area contributed by atoms with Gasteiger partial charge in [0.05, 0.1) is 28.3 Å². The zero-order chi connectivity index (χ0) is 29.6. The summed E-state index contributed by atoms with van der Waals surface area (Å²) in [4.78, 5) is 15.6. The van der Waals surface area contributed by atoms with Gasteiger partial charge in [0.2, 0.25) is 0 Å². The van der Waals surface area contributed by atoms with Crippen LogP contribution < -0.4 is 15.4 Å². The maximum atomic E-state index is 14.3. The first-order valence-corrected chi connectivity index (χ1v) is 13.7. The summed E-state index contributed by atoms with van der Waals surface area (Å²) >= 11 is 6.17. The van der Waals surface area contributed by atoms with Gasteiger partial charge in [-0.15, -0.1) is 0 Å². The monoisotopic (exact) mass is 573 g/mol. The number of nitriles is 1. The molecule has 2 N–H and O–H groups in total. The molecule has 3 aromatic rings. The number of allylic oxidation sites excluding steroid dienone is 3. The number of Topliss-reactive ketones (excluding diaryl/α,β-unsaturated/α-hetero) is 1. The lowest BCUT2D eigenvalue weighted by Gasteiger charge is -2.44. The molecule has 3 aromatic carbocycles. The number of anilines is 1. The van der Waals surface area contributed by atoms with Crippen molar-refractivity contribution in [1.29, 1.82) is 5.26 Å². The fourth-order valence-corrected chi connectivity index (χ4v) is 6.11. The van der Waals surface area contributed by atoms with E-state index in [-0.39, 0.29) is 34.2 Å². The summed E-state index contributed by atoms with van der Waals surface area (Å²) in [5, 5.41) is 10.6. The van der Waals surface area contributed by atoms with Crippen LogP contribution in [0.4, 0.5) is 14.5 Å². The minimum Gasteiger partial charge on any atom is -0.487 e. The molecule has 5 nitrogen and oxygen atoms in total. The maximum absolute atomic E-state index is 14.3. The molecule has 0 saturated heterocycles. The number of halogens is 3. The van der Waals surface area contributed by atoms with E-state index >= 15 is 0 Å². The van der Waals surface area contributed by atoms with Crippen molar-refractivity contribution in [1.82, 2.24) is 0 Å². The number of hydrogen-bond donors (Lipinski definition) is 1. The Morgan fingerprint density at radius 3 is 2.51 bits per heavy atom. The van der Waals surface area contributed by atoms with Crippen LogP contribution in [0.15, 0.2) is 77.3 Å². The number of carbonyl (C=O) groups is 1. The summed E-state index contributed by atoms with van der Waals surface area (Å²) in [6, 6.07) is 16.1. The number of hydrogen-bond acceptors (Lipinski definition) is 5. The Morgan fingerprint density at radius 1 is 1.10 bits per heavy atom. The van der Waals surface area contributed by atoms with Gasteiger partial charge in [0.1, 0.15) is 29.8 Å². The van der Waals surface area contributed by atoms with E-state index in [2.05, 4.69) is 6.07 Å². The van der Waals surface area contributed by atoms with Gasteiger partial charge in [-0.1, -0.05) is 49.2 Å². The Kier molecular flexibility index (Phi) is 7.39. The Balaban J connectivity index is 1.67. The molecule has 2 aliphatic rings. The highest BCUT2D eigenvalue weighted by Gasteiger charge is 2.45. The molecule has 1 unspecified atom stereocenters. The van der Waals surface area contributed by atoms with E-state index in [1.165, 1.54) is 30.3 Å². The first kappa shape index (κ1) is 28.4. The van der Waals surface area contributed by atoms with Gasteiger partial charge in [-0.05, 0) is 78.8 Å². The molecule has 210 valence electrons. The average Bonchev–Trinajstić information content (AvgIpc) is 2.88. The van der Waals surface area contributed by atoms with Crippen molar-refractivity contribution in [3.05, 3.63) is 116 Å². The van der Waals surface area contributed by atoms with E-state index in [0.717, 1.165) is 22.3 Å². The molecule has 0 spiro atoms. The SMILES string of the molecule is Cc1cc(COc2ccc(F)cc2Cl)c(C)c(C2C(C#N)=C(N)N(c3cccc(F)c3)C3=C2C(=O)CC(C)(C)C3)c1. The second kappa shape index (κ2) is 10.7. The molecule has 5 rings (SSSR count). The highest BCUT2D eigenvalue weighted by molar-refractivity contribution is 6.32. The van der Waals surface area contributed by atoms with Crippen molar-refractivity contribution >= 4 is 23.1 Å². The molecule has 1 atom stereocenters. The lowest BCUT2D eigenvalue weighted by atomic mass is 9.68. The molecule has 8 heteroatoms. The molecule has 0 amide bonds. The molecule has 0 aromatic heterocycles. The fraction of sp³-hybridized carbons (Fsp3) is 0.273. The summed E-state index contributed by atoms with van der Waals surface area (Å²) in [5.74, 6) is -1.16. The van der Waals surface area contributed by atoms with Crippen molar-refractivity contribution in [3.8, 4) is 11.8 Å². The molecule has 1 heterocycles. The molecular formula is C33H30ClF2N3O2. The summed E-state index contributed by atoms with van der Waals surface area (Å²) < 4.78 is 33.8. The lowest BCUT2D eigenvalue weighted by molar-refractivity contribution is -0.118. The van der Waals surface area contributed by atoms with Crippen LogP contribution in [0.1, 0.15) is 54.9 Å². The van der Waals surface area contributed by atoms with Crippen LogP contribution in [0.5, 0.6) is 5.75 Å². The molecule has 41 heavy (non-hydrogen) atoms.